The van der Waals surface area contributed by atoms with Gasteiger partial charge in [-0.2, -0.15) is 11.3 Å². The molecule has 1 aromatic rings. The van der Waals surface area contributed by atoms with E-state index >= 15 is 0 Å². The highest BCUT2D eigenvalue weighted by Crippen LogP contribution is 2.34. The van der Waals surface area contributed by atoms with E-state index in [1.807, 2.05) is 0 Å². The minimum absolute atomic E-state index is 0.445. The molecule has 0 N–H and O–H groups in total. The average molecular weight is 294 g/mol. The van der Waals surface area contributed by atoms with Crippen molar-refractivity contribution in [3.05, 3.63) is 22.4 Å². The largest absolute Gasteiger partial charge is 0.372 e. The van der Waals surface area contributed by atoms with Gasteiger partial charge in [0.15, 0.2) is 0 Å². The summed E-state index contributed by atoms with van der Waals surface area (Å²) in [6.45, 7) is 8.99. The Morgan fingerprint density at radius 1 is 1.45 bits per heavy atom. The maximum atomic E-state index is 6.27. The van der Waals surface area contributed by atoms with Gasteiger partial charge in [0.2, 0.25) is 0 Å². The lowest BCUT2D eigenvalue weighted by atomic mass is 10.0. The number of fused-ring (bicyclic) bond motifs is 1. The Morgan fingerprint density at radius 3 is 2.95 bits per heavy atom. The average Bonchev–Trinajstić information content (AvgIpc) is 3.05. The van der Waals surface area contributed by atoms with Crippen molar-refractivity contribution in [2.45, 2.75) is 45.1 Å². The molecule has 0 saturated carbocycles. The maximum Gasteiger partial charge on any atom is 0.0747 e. The van der Waals surface area contributed by atoms with Crippen molar-refractivity contribution in [1.29, 1.82) is 0 Å². The topological polar surface area (TPSA) is 15.7 Å². The molecule has 3 rings (SSSR count). The van der Waals surface area contributed by atoms with Gasteiger partial charge in [0.25, 0.3) is 0 Å². The van der Waals surface area contributed by atoms with Gasteiger partial charge in [-0.1, -0.05) is 0 Å². The molecule has 0 radical (unpaired) electrons. The number of nitrogens with zero attached hydrogens (tertiary/aromatic N) is 2. The predicted molar refractivity (Wildman–Crippen MR) is 84.1 cm³/mol. The Labute approximate surface area is 126 Å². The molecule has 0 aromatic carbocycles. The predicted octanol–water partition coefficient (Wildman–Crippen LogP) is 2.68. The van der Waals surface area contributed by atoms with E-state index in [4.69, 9.17) is 4.74 Å². The number of hydrogen-bond donors (Lipinski definition) is 0. The summed E-state index contributed by atoms with van der Waals surface area (Å²) in [5, 5.41) is 4.43. The fraction of sp³-hybridized carbons (Fsp3) is 0.750. The number of likely N-dealkylation sites (N-methyl/N-ethyl adjacent to an activating group) is 1. The van der Waals surface area contributed by atoms with Crippen LogP contribution in [0.3, 0.4) is 0 Å². The van der Waals surface area contributed by atoms with E-state index in [0.29, 0.717) is 18.2 Å². The van der Waals surface area contributed by atoms with Gasteiger partial charge >= 0.3 is 0 Å². The zero-order valence-electron chi connectivity index (χ0n) is 12.8. The normalized spacial score (nSPS) is 30.6. The van der Waals surface area contributed by atoms with Gasteiger partial charge in [-0.3, -0.25) is 4.90 Å². The third-order valence-corrected chi connectivity index (χ3v) is 5.48. The second-order valence-corrected chi connectivity index (χ2v) is 7.43. The van der Waals surface area contributed by atoms with E-state index < -0.39 is 0 Å². The third-order valence-electron chi connectivity index (χ3n) is 4.75. The van der Waals surface area contributed by atoms with Crippen LogP contribution in [0, 0.1) is 5.92 Å². The highest BCUT2D eigenvalue weighted by molar-refractivity contribution is 7.07. The van der Waals surface area contributed by atoms with Crippen molar-refractivity contribution in [3.8, 4) is 0 Å². The maximum absolute atomic E-state index is 6.27. The molecule has 3 nitrogen and oxygen atoms in total. The lowest BCUT2D eigenvalue weighted by molar-refractivity contribution is 0.0171. The summed E-state index contributed by atoms with van der Waals surface area (Å²) in [7, 11) is 2.20. The van der Waals surface area contributed by atoms with Gasteiger partial charge < -0.3 is 9.64 Å². The van der Waals surface area contributed by atoms with E-state index in [1.165, 1.54) is 18.5 Å². The molecular formula is C16H26N2OS. The molecule has 1 aromatic heterocycles. The Morgan fingerprint density at radius 2 is 2.30 bits per heavy atom. The summed E-state index contributed by atoms with van der Waals surface area (Å²) in [6.07, 6.45) is 2.15. The van der Waals surface area contributed by atoms with Crippen LogP contribution >= 0.6 is 11.3 Å². The standard InChI is InChI=1S/C16H26N2OS/c1-12(2)17(3)9-15-6-14-8-18(10-16(14)19-15)7-13-4-5-20-11-13/h4-5,11-12,14-16H,6-10H2,1-3H3/t14-,15-,16+/m1/s1. The summed E-state index contributed by atoms with van der Waals surface area (Å²) in [6, 6.07) is 2.84. The summed E-state index contributed by atoms with van der Waals surface area (Å²) < 4.78 is 6.27. The molecule has 2 fully saturated rings. The minimum atomic E-state index is 0.445. The summed E-state index contributed by atoms with van der Waals surface area (Å²) in [4.78, 5) is 4.95. The van der Waals surface area contributed by atoms with E-state index in [-0.39, 0.29) is 0 Å². The molecule has 4 heteroatoms. The van der Waals surface area contributed by atoms with Crippen LogP contribution in [0.5, 0.6) is 0 Å². The lowest BCUT2D eigenvalue weighted by Gasteiger charge is -2.25. The van der Waals surface area contributed by atoms with Crippen molar-refractivity contribution in [3.63, 3.8) is 0 Å². The van der Waals surface area contributed by atoms with Crippen LogP contribution in [0.25, 0.3) is 0 Å². The molecule has 20 heavy (non-hydrogen) atoms. The van der Waals surface area contributed by atoms with E-state index in [1.54, 1.807) is 11.3 Å². The van der Waals surface area contributed by atoms with Crippen molar-refractivity contribution in [2.24, 2.45) is 5.92 Å². The Bertz CT molecular complexity index is 406. The fourth-order valence-corrected chi connectivity index (χ4v) is 4.03. The molecule has 0 spiro atoms. The molecule has 0 bridgehead atoms. The first-order valence-corrected chi connectivity index (χ1v) is 8.65. The van der Waals surface area contributed by atoms with Crippen LogP contribution in [-0.4, -0.2) is 54.7 Å². The summed E-state index contributed by atoms with van der Waals surface area (Å²) >= 11 is 1.79. The number of likely N-dealkylation sites (tertiary alicyclic amines) is 1. The van der Waals surface area contributed by atoms with Crippen LogP contribution < -0.4 is 0 Å². The van der Waals surface area contributed by atoms with Crippen molar-refractivity contribution < 1.29 is 4.74 Å². The Hall–Kier alpha value is -0.420. The molecule has 2 saturated heterocycles. The third kappa shape index (κ3) is 3.25. The van der Waals surface area contributed by atoms with Gasteiger partial charge in [-0.15, -0.1) is 0 Å². The van der Waals surface area contributed by atoms with Crippen LogP contribution in [-0.2, 0) is 11.3 Å². The van der Waals surface area contributed by atoms with Crippen LogP contribution in [0.2, 0.25) is 0 Å². The SMILES string of the molecule is CC(C)N(C)C[C@H]1C[C@@H]2CN(Cc3ccsc3)C[C@@H]2O1. The van der Waals surface area contributed by atoms with Crippen LogP contribution in [0.15, 0.2) is 16.8 Å². The van der Waals surface area contributed by atoms with Crippen molar-refractivity contribution >= 4 is 11.3 Å². The first-order valence-electron chi connectivity index (χ1n) is 7.71. The quantitative estimate of drug-likeness (QED) is 0.830. The molecule has 112 valence electrons. The monoisotopic (exact) mass is 294 g/mol. The molecule has 3 atom stereocenters. The van der Waals surface area contributed by atoms with E-state index in [0.717, 1.165) is 25.6 Å². The number of hydrogen-bond acceptors (Lipinski definition) is 4. The zero-order chi connectivity index (χ0) is 14.1. The smallest absolute Gasteiger partial charge is 0.0747 e. The first-order chi connectivity index (χ1) is 9.61. The number of rotatable bonds is 5. The van der Waals surface area contributed by atoms with Gasteiger partial charge in [-0.25, -0.2) is 0 Å². The number of ether oxygens (including phenoxy) is 1. The second-order valence-electron chi connectivity index (χ2n) is 6.65. The molecule has 2 aliphatic rings. The molecule has 3 heterocycles. The highest BCUT2D eigenvalue weighted by atomic mass is 32.1. The van der Waals surface area contributed by atoms with Crippen LogP contribution in [0.4, 0.5) is 0 Å². The molecule has 0 aliphatic carbocycles. The van der Waals surface area contributed by atoms with Gasteiger partial charge in [-0.05, 0) is 49.7 Å². The van der Waals surface area contributed by atoms with Crippen molar-refractivity contribution in [2.75, 3.05) is 26.7 Å². The summed E-state index contributed by atoms with van der Waals surface area (Å²) in [5.74, 6) is 0.749. The van der Waals surface area contributed by atoms with Crippen molar-refractivity contribution in [1.82, 2.24) is 9.80 Å². The van der Waals surface area contributed by atoms with Crippen LogP contribution in [0.1, 0.15) is 25.8 Å². The molecular weight excluding hydrogens is 268 g/mol. The van der Waals surface area contributed by atoms with E-state index in [2.05, 4.69) is 47.5 Å². The number of thiophene rings is 1. The molecule has 0 amide bonds. The van der Waals surface area contributed by atoms with Gasteiger partial charge in [0, 0.05) is 38.1 Å². The zero-order valence-corrected chi connectivity index (χ0v) is 13.6. The van der Waals surface area contributed by atoms with Gasteiger partial charge in [0.05, 0.1) is 12.2 Å². The molecule has 2 aliphatic heterocycles. The minimum Gasteiger partial charge on any atom is -0.372 e. The Balaban J connectivity index is 1.47. The highest BCUT2D eigenvalue weighted by Gasteiger charge is 2.41. The molecule has 0 unspecified atom stereocenters. The van der Waals surface area contributed by atoms with E-state index in [9.17, 15) is 0 Å². The second kappa shape index (κ2) is 6.14. The Kier molecular flexibility index (Phi) is 4.46. The fourth-order valence-electron chi connectivity index (χ4n) is 3.37. The first kappa shape index (κ1) is 14.5. The summed E-state index contributed by atoms with van der Waals surface area (Å²) in [5.41, 5.74) is 1.45. The lowest BCUT2D eigenvalue weighted by Crippen LogP contribution is -2.35. The van der Waals surface area contributed by atoms with Gasteiger partial charge in [0.1, 0.15) is 0 Å².